The van der Waals surface area contributed by atoms with Gasteiger partial charge in [-0.2, -0.15) is 0 Å². The lowest BCUT2D eigenvalue weighted by Crippen LogP contribution is -2.00. The van der Waals surface area contributed by atoms with E-state index in [0.717, 1.165) is 22.3 Å². The number of methoxy groups -OCH3 is 2. The molecule has 0 bridgehead atoms. The molecule has 0 heterocycles. The molecule has 0 radical (unpaired) electrons. The van der Waals surface area contributed by atoms with Crippen LogP contribution in [0.4, 0.5) is 0 Å². The summed E-state index contributed by atoms with van der Waals surface area (Å²) < 4.78 is 9.51. The normalized spacial score (nSPS) is 11.0. The van der Waals surface area contributed by atoms with Crippen LogP contribution in [0.5, 0.6) is 0 Å². The number of hydrogen-bond acceptors (Lipinski definition) is 4. The first kappa shape index (κ1) is 20.8. The minimum Gasteiger partial charge on any atom is -0.465 e. The molecule has 0 N–H and O–H groups in total. The van der Waals surface area contributed by atoms with Crippen LogP contribution in [0.3, 0.4) is 0 Å². The van der Waals surface area contributed by atoms with E-state index in [1.54, 1.807) is 24.3 Å². The fraction of sp³-hybridized carbons (Fsp3) is 0.0769. The van der Waals surface area contributed by atoms with Crippen molar-refractivity contribution < 1.29 is 19.1 Å². The van der Waals surface area contributed by atoms with Gasteiger partial charge in [0.25, 0.3) is 0 Å². The number of benzene rings is 3. The van der Waals surface area contributed by atoms with E-state index in [9.17, 15) is 9.59 Å². The van der Waals surface area contributed by atoms with Crippen LogP contribution in [0.2, 0.25) is 0 Å². The van der Waals surface area contributed by atoms with E-state index >= 15 is 0 Å². The zero-order chi connectivity index (χ0) is 21.3. The number of ether oxygens (including phenoxy) is 2. The Morgan fingerprint density at radius 1 is 0.567 bits per heavy atom. The Kier molecular flexibility index (Phi) is 6.95. The van der Waals surface area contributed by atoms with Crippen molar-refractivity contribution >= 4 is 36.2 Å². The summed E-state index contributed by atoms with van der Waals surface area (Å²) in [5.41, 5.74) is 4.99. The van der Waals surface area contributed by atoms with Gasteiger partial charge < -0.3 is 9.47 Å². The third-order valence-corrected chi connectivity index (χ3v) is 4.49. The highest BCUT2D eigenvalue weighted by molar-refractivity contribution is 5.91. The smallest absolute Gasteiger partial charge is 0.337 e. The maximum atomic E-state index is 11.6. The van der Waals surface area contributed by atoms with Crippen LogP contribution < -0.4 is 0 Å². The lowest BCUT2D eigenvalue weighted by Gasteiger charge is -2.01. The summed E-state index contributed by atoms with van der Waals surface area (Å²) in [5, 5.41) is 0. The van der Waals surface area contributed by atoms with Gasteiger partial charge in [0, 0.05) is 0 Å². The highest BCUT2D eigenvalue weighted by atomic mass is 16.5. The third kappa shape index (κ3) is 5.55. The molecule has 3 rings (SSSR count). The van der Waals surface area contributed by atoms with Gasteiger partial charge in [-0.3, -0.25) is 0 Å². The van der Waals surface area contributed by atoms with Crippen LogP contribution in [0.25, 0.3) is 24.3 Å². The molecule has 4 heteroatoms. The summed E-state index contributed by atoms with van der Waals surface area (Å²) in [6, 6.07) is 22.6. The minimum atomic E-state index is -0.349. The van der Waals surface area contributed by atoms with Crippen molar-refractivity contribution in [3.05, 3.63) is 106 Å². The summed E-state index contributed by atoms with van der Waals surface area (Å²) in [4.78, 5) is 23.3. The molecule has 3 aromatic rings. The van der Waals surface area contributed by atoms with Crippen LogP contribution in [0.15, 0.2) is 72.8 Å². The Bertz CT molecular complexity index is 1000. The predicted octanol–water partition coefficient (Wildman–Crippen LogP) is 5.60. The second kappa shape index (κ2) is 10.0. The van der Waals surface area contributed by atoms with Gasteiger partial charge >= 0.3 is 11.9 Å². The van der Waals surface area contributed by atoms with Crippen LogP contribution in [-0.4, -0.2) is 26.2 Å². The van der Waals surface area contributed by atoms with E-state index in [4.69, 9.17) is 9.47 Å². The number of esters is 2. The van der Waals surface area contributed by atoms with Crippen LogP contribution >= 0.6 is 0 Å². The van der Waals surface area contributed by atoms with E-state index in [1.807, 2.05) is 72.8 Å². The topological polar surface area (TPSA) is 52.6 Å². The lowest BCUT2D eigenvalue weighted by molar-refractivity contribution is 0.0592. The average Bonchev–Trinajstić information content (AvgIpc) is 2.81. The first-order valence-corrected chi connectivity index (χ1v) is 9.42. The van der Waals surface area contributed by atoms with Crippen molar-refractivity contribution in [2.75, 3.05) is 14.2 Å². The second-order valence-corrected chi connectivity index (χ2v) is 6.57. The number of hydrogen-bond donors (Lipinski definition) is 0. The molecule has 0 amide bonds. The summed E-state index contributed by atoms with van der Waals surface area (Å²) in [5.74, 6) is -0.697. The first-order chi connectivity index (χ1) is 14.6. The Hall–Kier alpha value is -3.92. The second-order valence-electron chi connectivity index (χ2n) is 6.57. The van der Waals surface area contributed by atoms with E-state index in [2.05, 4.69) is 0 Å². The van der Waals surface area contributed by atoms with Crippen LogP contribution in [-0.2, 0) is 9.47 Å². The lowest BCUT2D eigenvalue weighted by atomic mass is 10.1. The zero-order valence-electron chi connectivity index (χ0n) is 16.9. The number of rotatable bonds is 6. The molecule has 0 atom stereocenters. The largest absolute Gasteiger partial charge is 0.465 e. The molecule has 0 aliphatic heterocycles. The number of carbonyl (C=O) groups is 2. The molecule has 30 heavy (non-hydrogen) atoms. The fourth-order valence-corrected chi connectivity index (χ4v) is 2.88. The van der Waals surface area contributed by atoms with Crippen molar-refractivity contribution in [1.29, 1.82) is 0 Å². The van der Waals surface area contributed by atoms with Crippen molar-refractivity contribution in [1.82, 2.24) is 0 Å². The van der Waals surface area contributed by atoms with Crippen molar-refractivity contribution in [2.45, 2.75) is 0 Å². The molecule has 0 aliphatic rings. The maximum Gasteiger partial charge on any atom is 0.337 e. The summed E-state index contributed by atoms with van der Waals surface area (Å²) in [6.07, 6.45) is 7.89. The van der Waals surface area contributed by atoms with E-state index < -0.39 is 0 Å². The summed E-state index contributed by atoms with van der Waals surface area (Å²) in [7, 11) is 2.74. The Balaban J connectivity index is 1.68. The molecule has 0 unspecified atom stereocenters. The molecule has 0 aromatic heterocycles. The highest BCUT2D eigenvalue weighted by Crippen LogP contribution is 2.15. The summed E-state index contributed by atoms with van der Waals surface area (Å²) in [6.45, 7) is 0. The monoisotopic (exact) mass is 398 g/mol. The molecule has 0 saturated heterocycles. The molecule has 0 spiro atoms. The Labute approximate surface area is 176 Å². The van der Waals surface area contributed by atoms with Gasteiger partial charge in [-0.25, -0.2) is 9.59 Å². The van der Waals surface area contributed by atoms with E-state index in [0.29, 0.717) is 11.1 Å². The van der Waals surface area contributed by atoms with Gasteiger partial charge in [0.15, 0.2) is 0 Å². The quantitative estimate of drug-likeness (QED) is 0.401. The number of carbonyl (C=O) groups excluding carboxylic acids is 2. The Morgan fingerprint density at radius 2 is 0.933 bits per heavy atom. The van der Waals surface area contributed by atoms with E-state index in [1.165, 1.54) is 14.2 Å². The summed E-state index contributed by atoms with van der Waals surface area (Å²) >= 11 is 0. The van der Waals surface area contributed by atoms with Crippen LogP contribution in [0, 0.1) is 0 Å². The molecule has 4 nitrogen and oxygen atoms in total. The molecular formula is C26H22O4. The molecule has 0 fully saturated rings. The zero-order valence-corrected chi connectivity index (χ0v) is 16.9. The standard InChI is InChI=1S/C26H22O4/c1-29-25(27)23-7-3-5-21(17-23)15-13-19-9-11-20(12-10-19)14-16-22-6-4-8-24(18-22)26(28)30-2/h3-18H,1-2H3/b15-13+,16-14+. The molecule has 150 valence electrons. The van der Waals surface area contributed by atoms with Crippen molar-refractivity contribution in [3.63, 3.8) is 0 Å². The van der Waals surface area contributed by atoms with Gasteiger partial charge in [0.1, 0.15) is 0 Å². The van der Waals surface area contributed by atoms with Gasteiger partial charge in [-0.15, -0.1) is 0 Å². The van der Waals surface area contributed by atoms with Gasteiger partial charge in [0.05, 0.1) is 25.3 Å². The average molecular weight is 398 g/mol. The van der Waals surface area contributed by atoms with Gasteiger partial charge in [0.2, 0.25) is 0 Å². The van der Waals surface area contributed by atoms with Gasteiger partial charge in [-0.05, 0) is 46.5 Å². The third-order valence-electron chi connectivity index (χ3n) is 4.49. The highest BCUT2D eigenvalue weighted by Gasteiger charge is 2.05. The molecule has 0 aliphatic carbocycles. The Morgan fingerprint density at radius 3 is 1.30 bits per heavy atom. The SMILES string of the molecule is COC(=O)c1cccc(/C=C/c2ccc(/C=C/c3cccc(C(=O)OC)c3)cc2)c1. The predicted molar refractivity (Wildman–Crippen MR) is 120 cm³/mol. The van der Waals surface area contributed by atoms with E-state index in [-0.39, 0.29) is 11.9 Å². The maximum absolute atomic E-state index is 11.6. The van der Waals surface area contributed by atoms with Crippen molar-refractivity contribution in [3.8, 4) is 0 Å². The molecule has 0 saturated carbocycles. The van der Waals surface area contributed by atoms with Crippen molar-refractivity contribution in [2.24, 2.45) is 0 Å². The van der Waals surface area contributed by atoms with Crippen LogP contribution in [0.1, 0.15) is 43.0 Å². The fourth-order valence-electron chi connectivity index (χ4n) is 2.88. The van der Waals surface area contributed by atoms with Gasteiger partial charge in [-0.1, -0.05) is 72.8 Å². The molecule has 3 aromatic carbocycles. The molecular weight excluding hydrogens is 376 g/mol. The minimum absolute atomic E-state index is 0.349. The first-order valence-electron chi connectivity index (χ1n) is 9.42.